The number of aromatic carboxylic acids is 1. The van der Waals surface area contributed by atoms with Crippen molar-refractivity contribution >= 4 is 11.9 Å². The van der Waals surface area contributed by atoms with Crippen molar-refractivity contribution in [1.29, 1.82) is 0 Å². The van der Waals surface area contributed by atoms with Gasteiger partial charge >= 0.3 is 5.97 Å². The fraction of sp³-hybridized carbons (Fsp3) is 0.476. The summed E-state index contributed by atoms with van der Waals surface area (Å²) in [5, 5.41) is 12.6. The molecule has 2 N–H and O–H groups in total. The number of carbonyl (C=O) groups is 1. The van der Waals surface area contributed by atoms with Gasteiger partial charge in [-0.15, -0.1) is 0 Å². The van der Waals surface area contributed by atoms with Crippen molar-refractivity contribution in [2.24, 2.45) is 0 Å². The van der Waals surface area contributed by atoms with Gasteiger partial charge in [0.25, 0.3) is 0 Å². The Morgan fingerprint density at radius 2 is 1.65 bits per heavy atom. The van der Waals surface area contributed by atoms with Crippen molar-refractivity contribution in [2.45, 2.75) is 0 Å². The molecule has 3 heterocycles. The molecule has 1 aromatic heterocycles. The van der Waals surface area contributed by atoms with Crippen LogP contribution in [0.1, 0.15) is 10.4 Å². The zero-order valence-electron chi connectivity index (χ0n) is 17.9. The van der Waals surface area contributed by atoms with Crippen molar-refractivity contribution in [3.63, 3.8) is 0 Å². The third-order valence-corrected chi connectivity index (χ3v) is 5.13. The molecule has 0 atom stereocenters. The molecular formula is C21H29FN6O3. The van der Waals surface area contributed by atoms with E-state index in [4.69, 9.17) is 4.74 Å². The van der Waals surface area contributed by atoms with Gasteiger partial charge in [-0.05, 0) is 38.4 Å². The Morgan fingerprint density at radius 1 is 1.03 bits per heavy atom. The van der Waals surface area contributed by atoms with Crippen LogP contribution in [0.3, 0.4) is 0 Å². The zero-order valence-corrected chi connectivity index (χ0v) is 17.9. The highest BCUT2D eigenvalue weighted by Crippen LogP contribution is 2.25. The van der Waals surface area contributed by atoms with E-state index in [1.165, 1.54) is 43.6 Å². The van der Waals surface area contributed by atoms with Gasteiger partial charge in [0.2, 0.25) is 11.8 Å². The van der Waals surface area contributed by atoms with Gasteiger partial charge in [-0.1, -0.05) is 0 Å². The predicted octanol–water partition coefficient (Wildman–Crippen LogP) is 1.38. The lowest BCUT2D eigenvalue weighted by molar-refractivity contribution is 0.0693. The van der Waals surface area contributed by atoms with E-state index in [1.807, 2.05) is 11.9 Å². The highest BCUT2D eigenvalue weighted by molar-refractivity contribution is 5.90. The van der Waals surface area contributed by atoms with Gasteiger partial charge < -0.3 is 29.9 Å². The Balaban J connectivity index is 0.000000330. The second-order valence-corrected chi connectivity index (χ2v) is 7.59. The SMILES string of the molecule is CN1CCN(c2ncc(C(=O)O)c(Oc3ccc(F)cc3)n2)CC1.CN1CCNCC1. The largest absolute Gasteiger partial charge is 0.477 e. The summed E-state index contributed by atoms with van der Waals surface area (Å²) in [5.41, 5.74) is -0.141. The molecule has 1 aromatic carbocycles. The molecular weight excluding hydrogens is 403 g/mol. The molecule has 0 amide bonds. The first-order valence-electron chi connectivity index (χ1n) is 10.3. The van der Waals surface area contributed by atoms with Crippen LogP contribution < -0.4 is 15.0 Å². The molecule has 10 heteroatoms. The molecule has 168 valence electrons. The topological polar surface area (TPSA) is 94.1 Å². The molecule has 0 saturated carbocycles. The van der Waals surface area contributed by atoms with Crippen LogP contribution in [-0.4, -0.2) is 97.3 Å². The normalized spacial score (nSPS) is 17.6. The first kappa shape index (κ1) is 22.9. The monoisotopic (exact) mass is 432 g/mol. The van der Waals surface area contributed by atoms with E-state index < -0.39 is 11.8 Å². The van der Waals surface area contributed by atoms with Crippen LogP contribution in [0.4, 0.5) is 10.3 Å². The van der Waals surface area contributed by atoms with Crippen LogP contribution in [0.5, 0.6) is 11.6 Å². The van der Waals surface area contributed by atoms with Crippen LogP contribution in [0, 0.1) is 5.82 Å². The van der Waals surface area contributed by atoms with Crippen molar-refractivity contribution in [3.8, 4) is 11.6 Å². The molecule has 0 unspecified atom stereocenters. The van der Waals surface area contributed by atoms with Crippen molar-refractivity contribution < 1.29 is 19.0 Å². The number of likely N-dealkylation sites (N-methyl/N-ethyl adjacent to an activating group) is 2. The Kier molecular flexibility index (Phi) is 8.10. The molecule has 2 saturated heterocycles. The Bertz CT molecular complexity index is 853. The van der Waals surface area contributed by atoms with Crippen LogP contribution >= 0.6 is 0 Å². The molecule has 2 fully saturated rings. The summed E-state index contributed by atoms with van der Waals surface area (Å²) in [4.78, 5) is 26.3. The van der Waals surface area contributed by atoms with Gasteiger partial charge in [-0.3, -0.25) is 0 Å². The van der Waals surface area contributed by atoms with Gasteiger partial charge in [0.05, 0.1) is 6.20 Å². The van der Waals surface area contributed by atoms with E-state index in [9.17, 15) is 14.3 Å². The number of carboxylic acid groups (broad SMARTS) is 1. The molecule has 2 aromatic rings. The maximum Gasteiger partial charge on any atom is 0.342 e. The van der Waals surface area contributed by atoms with Crippen molar-refractivity contribution in [2.75, 3.05) is 71.4 Å². The van der Waals surface area contributed by atoms with E-state index in [-0.39, 0.29) is 11.4 Å². The highest BCUT2D eigenvalue weighted by Gasteiger charge is 2.21. The number of halogens is 1. The standard InChI is InChI=1S/C16H17FN4O3.C5H12N2/c1-20-6-8-21(9-7-20)16-18-10-13(15(22)23)14(19-16)24-12-4-2-11(17)3-5-12;1-7-4-2-6-3-5-7/h2-5,10H,6-9H2,1H3,(H,22,23);6H,2-5H2,1H3. The lowest BCUT2D eigenvalue weighted by Gasteiger charge is -2.32. The quantitative estimate of drug-likeness (QED) is 0.743. The first-order valence-corrected chi connectivity index (χ1v) is 10.3. The van der Waals surface area contributed by atoms with E-state index in [1.54, 1.807) is 0 Å². The number of piperazine rings is 2. The average Bonchev–Trinajstić information content (AvgIpc) is 2.77. The molecule has 31 heavy (non-hydrogen) atoms. The summed E-state index contributed by atoms with van der Waals surface area (Å²) in [6.07, 6.45) is 1.24. The lowest BCUT2D eigenvalue weighted by atomic mass is 10.3. The van der Waals surface area contributed by atoms with E-state index in [0.29, 0.717) is 11.7 Å². The lowest BCUT2D eigenvalue weighted by Crippen LogP contribution is -2.45. The Hall–Kier alpha value is -2.82. The van der Waals surface area contributed by atoms with Crippen molar-refractivity contribution in [1.82, 2.24) is 25.1 Å². The molecule has 2 aliphatic rings. The molecule has 2 aliphatic heterocycles. The number of ether oxygens (including phenoxy) is 1. The zero-order chi connectivity index (χ0) is 22.2. The van der Waals surface area contributed by atoms with Crippen LogP contribution in [-0.2, 0) is 0 Å². The minimum atomic E-state index is -1.18. The number of aromatic nitrogens is 2. The van der Waals surface area contributed by atoms with Gasteiger partial charge in [-0.2, -0.15) is 4.98 Å². The number of hydrogen-bond donors (Lipinski definition) is 2. The highest BCUT2D eigenvalue weighted by atomic mass is 19.1. The Morgan fingerprint density at radius 3 is 2.19 bits per heavy atom. The molecule has 0 spiro atoms. The van der Waals surface area contributed by atoms with Gasteiger partial charge in [-0.25, -0.2) is 14.2 Å². The first-order chi connectivity index (χ1) is 14.9. The maximum atomic E-state index is 13.0. The van der Waals surface area contributed by atoms with E-state index in [2.05, 4.69) is 32.1 Å². The number of benzene rings is 1. The van der Waals surface area contributed by atoms with Crippen LogP contribution in [0.15, 0.2) is 30.5 Å². The molecule has 0 bridgehead atoms. The number of hydrogen-bond acceptors (Lipinski definition) is 8. The fourth-order valence-corrected chi connectivity index (χ4v) is 3.13. The summed E-state index contributed by atoms with van der Waals surface area (Å²) in [5.74, 6) is -0.913. The second-order valence-electron chi connectivity index (χ2n) is 7.59. The summed E-state index contributed by atoms with van der Waals surface area (Å²) in [6.45, 7) is 7.99. The van der Waals surface area contributed by atoms with Gasteiger partial charge in [0.15, 0.2) is 0 Å². The van der Waals surface area contributed by atoms with Gasteiger partial charge in [0, 0.05) is 52.4 Å². The minimum absolute atomic E-state index is 0.0574. The maximum absolute atomic E-state index is 13.0. The smallest absolute Gasteiger partial charge is 0.342 e. The second kappa shape index (κ2) is 11.0. The van der Waals surface area contributed by atoms with Crippen molar-refractivity contribution in [3.05, 3.63) is 41.8 Å². The number of carboxylic acids is 1. The third kappa shape index (κ3) is 6.84. The van der Waals surface area contributed by atoms with Crippen LogP contribution in [0.2, 0.25) is 0 Å². The van der Waals surface area contributed by atoms with Gasteiger partial charge in [0.1, 0.15) is 17.1 Å². The predicted molar refractivity (Wildman–Crippen MR) is 116 cm³/mol. The number of anilines is 1. The number of nitrogens with zero attached hydrogens (tertiary/aromatic N) is 5. The Labute approximate surface area is 181 Å². The molecule has 4 rings (SSSR count). The van der Waals surface area contributed by atoms with E-state index in [0.717, 1.165) is 39.3 Å². The summed E-state index contributed by atoms with van der Waals surface area (Å²) in [6, 6.07) is 5.30. The van der Waals surface area contributed by atoms with Crippen LogP contribution in [0.25, 0.3) is 0 Å². The summed E-state index contributed by atoms with van der Waals surface area (Å²) >= 11 is 0. The minimum Gasteiger partial charge on any atom is -0.477 e. The average molecular weight is 433 g/mol. The summed E-state index contributed by atoms with van der Waals surface area (Å²) < 4.78 is 18.5. The fourth-order valence-electron chi connectivity index (χ4n) is 3.13. The van der Waals surface area contributed by atoms with E-state index >= 15 is 0 Å². The molecule has 0 aliphatic carbocycles. The number of rotatable bonds is 4. The molecule has 0 radical (unpaired) electrons. The molecule has 9 nitrogen and oxygen atoms in total. The third-order valence-electron chi connectivity index (χ3n) is 5.13. The number of nitrogens with one attached hydrogen (secondary N) is 1. The summed E-state index contributed by atoms with van der Waals surface area (Å²) in [7, 11) is 4.19.